The third kappa shape index (κ3) is 4.01. The van der Waals surface area contributed by atoms with Crippen LogP contribution in [-0.4, -0.2) is 34.8 Å². The molecule has 0 bridgehead atoms. The Morgan fingerprint density at radius 2 is 1.77 bits per heavy atom. The lowest BCUT2D eigenvalue weighted by Gasteiger charge is -2.33. The summed E-state index contributed by atoms with van der Waals surface area (Å²) in [5, 5.41) is 5.60. The molecule has 4 amide bonds. The van der Waals surface area contributed by atoms with Crippen LogP contribution in [0.4, 0.5) is 10.5 Å². The van der Waals surface area contributed by atoms with E-state index in [2.05, 4.69) is 17.6 Å². The molecule has 2 fully saturated rings. The number of carbonyl (C=O) groups excluding carboxylic acids is 3. The number of carbonyl (C=O) groups is 3. The van der Waals surface area contributed by atoms with E-state index in [-0.39, 0.29) is 12.5 Å². The second-order valence-corrected chi connectivity index (χ2v) is 8.05. The van der Waals surface area contributed by atoms with Gasteiger partial charge in [-0.15, -0.1) is 0 Å². The molecule has 0 radical (unpaired) electrons. The van der Waals surface area contributed by atoms with Gasteiger partial charge in [0.05, 0.1) is 5.69 Å². The highest BCUT2D eigenvalue weighted by atomic mass is 16.5. The first kappa shape index (κ1) is 19.9. The van der Waals surface area contributed by atoms with Gasteiger partial charge in [0.25, 0.3) is 5.91 Å². The maximum absolute atomic E-state index is 12.9. The van der Waals surface area contributed by atoms with Crippen molar-refractivity contribution >= 4 is 23.5 Å². The molecule has 7 heteroatoms. The summed E-state index contributed by atoms with van der Waals surface area (Å²) < 4.78 is 5.85. The van der Waals surface area contributed by atoms with Gasteiger partial charge in [-0.25, -0.2) is 4.79 Å². The van der Waals surface area contributed by atoms with Crippen LogP contribution >= 0.6 is 0 Å². The lowest BCUT2D eigenvalue weighted by molar-refractivity contribution is -0.135. The molecule has 2 N–H and O–H groups in total. The maximum atomic E-state index is 12.9. The summed E-state index contributed by atoms with van der Waals surface area (Å²) in [6.07, 6.45) is 3.00. The number of hydrogen-bond acceptors (Lipinski definition) is 4. The number of amides is 4. The van der Waals surface area contributed by atoms with E-state index in [0.29, 0.717) is 35.9 Å². The van der Waals surface area contributed by atoms with Gasteiger partial charge in [-0.2, -0.15) is 0 Å². The minimum Gasteiger partial charge on any atom is -0.455 e. The molecule has 1 aliphatic heterocycles. The predicted octanol–water partition coefficient (Wildman–Crippen LogP) is 3.92. The van der Waals surface area contributed by atoms with Crippen molar-refractivity contribution in [3.63, 3.8) is 0 Å². The quantitative estimate of drug-likeness (QED) is 0.736. The van der Waals surface area contributed by atoms with E-state index >= 15 is 0 Å². The van der Waals surface area contributed by atoms with Crippen LogP contribution in [-0.2, 0) is 9.59 Å². The number of ether oxygens (including phenoxy) is 1. The van der Waals surface area contributed by atoms with Crippen molar-refractivity contribution < 1.29 is 19.1 Å². The summed E-state index contributed by atoms with van der Waals surface area (Å²) in [4.78, 5) is 39.0. The second-order valence-electron chi connectivity index (χ2n) is 8.05. The fourth-order valence-electron chi connectivity index (χ4n) is 4.02. The molecule has 156 valence electrons. The Hall–Kier alpha value is -3.35. The lowest BCUT2D eigenvalue weighted by atomic mass is 9.77. The first-order valence-electron chi connectivity index (χ1n) is 10.2. The summed E-state index contributed by atoms with van der Waals surface area (Å²) in [5.41, 5.74) is -0.377. The van der Waals surface area contributed by atoms with Crippen LogP contribution in [0, 0.1) is 5.92 Å². The molecule has 4 rings (SSSR count). The number of nitrogens with one attached hydrogen (secondary N) is 2. The number of anilines is 1. The SMILES string of the molecule is CC1CCC2(CC1)NC(=O)N(CC(=O)Nc1ccccc1Oc1ccccc1)C2=O. The molecule has 1 saturated heterocycles. The summed E-state index contributed by atoms with van der Waals surface area (Å²) in [5.74, 6) is 0.903. The normalized spacial score (nSPS) is 23.4. The van der Waals surface area contributed by atoms with Crippen molar-refractivity contribution in [1.82, 2.24) is 10.2 Å². The van der Waals surface area contributed by atoms with E-state index in [1.807, 2.05) is 30.3 Å². The molecule has 2 aromatic rings. The zero-order chi connectivity index (χ0) is 21.1. The first-order chi connectivity index (χ1) is 14.5. The molecular formula is C23H25N3O4. The van der Waals surface area contributed by atoms with Crippen molar-refractivity contribution in [2.75, 3.05) is 11.9 Å². The van der Waals surface area contributed by atoms with Gasteiger partial charge >= 0.3 is 6.03 Å². The van der Waals surface area contributed by atoms with Gasteiger partial charge < -0.3 is 15.4 Å². The standard InChI is InChI=1S/C23H25N3O4/c1-16-11-13-23(14-12-16)21(28)26(22(29)25-23)15-20(27)24-18-9-5-6-10-19(18)30-17-7-3-2-4-8-17/h2-10,16H,11-15H2,1H3,(H,24,27)(H,25,29). The Balaban J connectivity index is 1.43. The third-order valence-electron chi connectivity index (χ3n) is 5.81. The second kappa shape index (κ2) is 8.18. The predicted molar refractivity (Wildman–Crippen MR) is 112 cm³/mol. The fraction of sp³-hybridized carbons (Fsp3) is 0.348. The Morgan fingerprint density at radius 3 is 2.50 bits per heavy atom. The van der Waals surface area contributed by atoms with Gasteiger partial charge in [0, 0.05) is 0 Å². The highest BCUT2D eigenvalue weighted by molar-refractivity contribution is 6.10. The smallest absolute Gasteiger partial charge is 0.325 e. The minimum absolute atomic E-state index is 0.302. The average molecular weight is 407 g/mol. The largest absolute Gasteiger partial charge is 0.455 e. The van der Waals surface area contributed by atoms with E-state index in [1.54, 1.807) is 24.3 Å². The van der Waals surface area contributed by atoms with Crippen molar-refractivity contribution in [2.24, 2.45) is 5.92 Å². The van der Waals surface area contributed by atoms with E-state index in [9.17, 15) is 14.4 Å². The van der Waals surface area contributed by atoms with E-state index in [1.165, 1.54) is 0 Å². The first-order valence-corrected chi connectivity index (χ1v) is 10.2. The number of rotatable bonds is 5. The van der Waals surface area contributed by atoms with Crippen molar-refractivity contribution in [2.45, 2.75) is 38.1 Å². The number of urea groups is 1. The van der Waals surface area contributed by atoms with Gasteiger partial charge in [0.15, 0.2) is 5.75 Å². The maximum Gasteiger partial charge on any atom is 0.325 e. The molecule has 1 aliphatic carbocycles. The van der Waals surface area contributed by atoms with Gasteiger partial charge in [-0.1, -0.05) is 37.3 Å². The number of imide groups is 1. The molecule has 0 unspecified atom stereocenters. The molecule has 0 aromatic heterocycles. The molecule has 30 heavy (non-hydrogen) atoms. The number of nitrogens with zero attached hydrogens (tertiary/aromatic N) is 1. The summed E-state index contributed by atoms with van der Waals surface area (Å²) >= 11 is 0. The molecule has 2 aromatic carbocycles. The van der Waals surface area contributed by atoms with E-state index < -0.39 is 17.5 Å². The van der Waals surface area contributed by atoms with Gasteiger partial charge in [0.2, 0.25) is 5.91 Å². The Morgan fingerprint density at radius 1 is 1.10 bits per heavy atom. The monoisotopic (exact) mass is 407 g/mol. The van der Waals surface area contributed by atoms with Gasteiger partial charge in [-0.3, -0.25) is 14.5 Å². The number of benzene rings is 2. The molecule has 0 atom stereocenters. The highest BCUT2D eigenvalue weighted by Crippen LogP contribution is 2.36. The summed E-state index contributed by atoms with van der Waals surface area (Å²) in [6, 6.07) is 15.8. The molecule has 1 heterocycles. The molecule has 7 nitrogen and oxygen atoms in total. The lowest BCUT2D eigenvalue weighted by Crippen LogP contribution is -2.49. The summed E-state index contributed by atoms with van der Waals surface area (Å²) in [7, 11) is 0. The van der Waals surface area contributed by atoms with E-state index in [4.69, 9.17) is 4.74 Å². The van der Waals surface area contributed by atoms with Crippen molar-refractivity contribution in [3.05, 3.63) is 54.6 Å². The van der Waals surface area contributed by atoms with Crippen molar-refractivity contribution in [1.29, 1.82) is 0 Å². The number of para-hydroxylation sites is 3. The number of hydrogen-bond donors (Lipinski definition) is 2. The minimum atomic E-state index is -0.849. The molecular weight excluding hydrogens is 382 g/mol. The van der Waals surface area contributed by atoms with Crippen LogP contribution < -0.4 is 15.4 Å². The van der Waals surface area contributed by atoms with Crippen molar-refractivity contribution in [3.8, 4) is 11.5 Å². The summed E-state index contributed by atoms with van der Waals surface area (Å²) in [6.45, 7) is 1.82. The van der Waals surface area contributed by atoms with Crippen LogP contribution in [0.1, 0.15) is 32.6 Å². The molecule has 1 saturated carbocycles. The van der Waals surface area contributed by atoms with Crippen LogP contribution in [0.2, 0.25) is 0 Å². The third-order valence-corrected chi connectivity index (χ3v) is 5.81. The highest BCUT2D eigenvalue weighted by Gasteiger charge is 2.52. The zero-order valence-electron chi connectivity index (χ0n) is 16.9. The van der Waals surface area contributed by atoms with Crippen LogP contribution in [0.3, 0.4) is 0 Å². The van der Waals surface area contributed by atoms with Crippen LogP contribution in [0.15, 0.2) is 54.6 Å². The van der Waals surface area contributed by atoms with Gasteiger partial charge in [-0.05, 0) is 55.9 Å². The average Bonchev–Trinajstić information content (AvgIpc) is 2.97. The van der Waals surface area contributed by atoms with Crippen LogP contribution in [0.5, 0.6) is 11.5 Å². The van der Waals surface area contributed by atoms with Gasteiger partial charge in [0.1, 0.15) is 17.8 Å². The topological polar surface area (TPSA) is 87.7 Å². The molecule has 2 aliphatic rings. The fourth-order valence-corrected chi connectivity index (χ4v) is 4.02. The molecule has 1 spiro atoms. The van der Waals surface area contributed by atoms with E-state index in [0.717, 1.165) is 17.7 Å². The Bertz CT molecular complexity index is 952. The van der Waals surface area contributed by atoms with Crippen LogP contribution in [0.25, 0.3) is 0 Å². The zero-order valence-corrected chi connectivity index (χ0v) is 16.9. The Kier molecular flexibility index (Phi) is 5.44. The Labute approximate surface area is 175 Å².